The first kappa shape index (κ1) is 15.1. The smallest absolute Gasteiger partial charge is 0.265 e. The monoisotopic (exact) mass is 310 g/mol. The van der Waals surface area contributed by atoms with Gasteiger partial charge in [0.2, 0.25) is 0 Å². The molecule has 118 valence electrons. The molecule has 0 fully saturated rings. The number of carbonyl (C=O) groups excluding carboxylic acids is 2. The number of fused-ring (bicyclic) bond motifs is 1. The minimum atomic E-state index is -0.197. The zero-order valence-electron chi connectivity index (χ0n) is 12.9. The Hall–Kier alpha value is -2.82. The maximum Gasteiger partial charge on any atom is 0.265 e. The molecule has 0 bridgehead atoms. The largest absolute Gasteiger partial charge is 0.481 e. The zero-order chi connectivity index (χ0) is 16.2. The van der Waals surface area contributed by atoms with Crippen molar-refractivity contribution >= 4 is 23.1 Å². The Bertz CT molecular complexity index is 728. The van der Waals surface area contributed by atoms with E-state index in [9.17, 15) is 9.59 Å². The summed E-state index contributed by atoms with van der Waals surface area (Å²) in [6.45, 7) is 2.21. The number of benzene rings is 2. The number of ketones is 1. The Labute approximate surface area is 134 Å². The maximum atomic E-state index is 11.9. The second-order valence-corrected chi connectivity index (χ2v) is 5.49. The highest BCUT2D eigenvalue weighted by molar-refractivity contribution is 6.02. The molecule has 0 atom stereocenters. The van der Waals surface area contributed by atoms with Crippen LogP contribution >= 0.6 is 0 Å². The van der Waals surface area contributed by atoms with Gasteiger partial charge in [0.05, 0.1) is 12.2 Å². The van der Waals surface area contributed by atoms with Crippen LogP contribution in [0.25, 0.3) is 0 Å². The van der Waals surface area contributed by atoms with E-state index < -0.39 is 0 Å². The second kappa shape index (κ2) is 6.52. The summed E-state index contributed by atoms with van der Waals surface area (Å²) in [6.07, 6.45) is 0. The van der Waals surface area contributed by atoms with Crippen LogP contribution in [0.2, 0.25) is 0 Å². The van der Waals surface area contributed by atoms with Gasteiger partial charge in [0.1, 0.15) is 11.5 Å². The minimum Gasteiger partial charge on any atom is -0.481 e. The van der Waals surface area contributed by atoms with Gasteiger partial charge in [-0.3, -0.25) is 14.5 Å². The first-order valence-corrected chi connectivity index (χ1v) is 7.48. The van der Waals surface area contributed by atoms with Gasteiger partial charge in [0, 0.05) is 18.3 Å². The Balaban J connectivity index is 1.76. The third-order valence-electron chi connectivity index (χ3n) is 3.62. The predicted octanol–water partition coefficient (Wildman–Crippen LogP) is 2.61. The van der Waals surface area contributed by atoms with Crippen molar-refractivity contribution in [3.05, 3.63) is 54.1 Å². The highest BCUT2D eigenvalue weighted by Crippen LogP contribution is 2.34. The van der Waals surface area contributed by atoms with Crippen LogP contribution in [0, 0.1) is 0 Å². The van der Waals surface area contributed by atoms with Crippen molar-refractivity contribution in [1.29, 1.82) is 0 Å². The fraction of sp³-hybridized carbons (Fsp3) is 0.222. The lowest BCUT2D eigenvalue weighted by Gasteiger charge is -2.29. The SMILES string of the molecule is CC(=O)CN1C(=O)COc2cc(NCc3ccccc3)ccc21. The molecule has 0 saturated heterocycles. The highest BCUT2D eigenvalue weighted by atomic mass is 16.5. The molecule has 0 aliphatic carbocycles. The summed E-state index contributed by atoms with van der Waals surface area (Å²) in [5.41, 5.74) is 2.73. The highest BCUT2D eigenvalue weighted by Gasteiger charge is 2.26. The number of amides is 1. The topological polar surface area (TPSA) is 58.6 Å². The van der Waals surface area contributed by atoms with Crippen LogP contribution in [-0.4, -0.2) is 24.8 Å². The molecule has 1 heterocycles. The number of nitrogens with zero attached hydrogens (tertiary/aromatic N) is 1. The van der Waals surface area contributed by atoms with Crippen LogP contribution in [0.5, 0.6) is 5.75 Å². The van der Waals surface area contributed by atoms with Crippen molar-refractivity contribution < 1.29 is 14.3 Å². The first-order valence-electron chi connectivity index (χ1n) is 7.48. The van der Waals surface area contributed by atoms with E-state index in [1.165, 1.54) is 17.4 Å². The van der Waals surface area contributed by atoms with E-state index >= 15 is 0 Å². The second-order valence-electron chi connectivity index (χ2n) is 5.49. The van der Waals surface area contributed by atoms with Crippen LogP contribution < -0.4 is 15.0 Å². The summed E-state index contributed by atoms with van der Waals surface area (Å²) >= 11 is 0. The summed E-state index contributed by atoms with van der Waals surface area (Å²) in [5.74, 6) is 0.360. The molecule has 1 N–H and O–H groups in total. The molecule has 23 heavy (non-hydrogen) atoms. The van der Waals surface area contributed by atoms with Crippen molar-refractivity contribution in [3.8, 4) is 5.75 Å². The van der Waals surface area contributed by atoms with Crippen molar-refractivity contribution in [2.45, 2.75) is 13.5 Å². The Morgan fingerprint density at radius 1 is 1.22 bits per heavy atom. The third kappa shape index (κ3) is 3.51. The van der Waals surface area contributed by atoms with Gasteiger partial charge < -0.3 is 10.1 Å². The van der Waals surface area contributed by atoms with Gasteiger partial charge in [-0.1, -0.05) is 30.3 Å². The molecule has 0 saturated carbocycles. The van der Waals surface area contributed by atoms with Crippen LogP contribution in [0.15, 0.2) is 48.5 Å². The van der Waals surface area contributed by atoms with Gasteiger partial charge in [-0.2, -0.15) is 0 Å². The van der Waals surface area contributed by atoms with Gasteiger partial charge in [0.25, 0.3) is 5.91 Å². The molecular formula is C18H18N2O3. The zero-order valence-corrected chi connectivity index (χ0v) is 12.9. The molecule has 0 radical (unpaired) electrons. The van der Waals surface area contributed by atoms with Gasteiger partial charge in [-0.05, 0) is 24.6 Å². The average molecular weight is 310 g/mol. The molecule has 1 amide bonds. The molecule has 3 rings (SSSR count). The standard InChI is InChI=1S/C18H18N2O3/c1-13(21)11-20-16-8-7-15(9-17(16)23-12-18(20)22)19-10-14-5-3-2-4-6-14/h2-9,19H,10-12H2,1H3. The van der Waals surface area contributed by atoms with E-state index in [-0.39, 0.29) is 24.8 Å². The summed E-state index contributed by atoms with van der Waals surface area (Å²) in [4.78, 5) is 24.7. The lowest BCUT2D eigenvalue weighted by atomic mass is 10.2. The van der Waals surface area contributed by atoms with Crippen molar-refractivity contribution in [3.63, 3.8) is 0 Å². The van der Waals surface area contributed by atoms with E-state index in [0.717, 1.165) is 5.69 Å². The molecule has 2 aromatic rings. The maximum absolute atomic E-state index is 11.9. The minimum absolute atomic E-state index is 0.0393. The summed E-state index contributed by atoms with van der Waals surface area (Å²) in [7, 11) is 0. The number of Topliss-reactive ketones (excluding diaryl/α,β-unsaturated/α-hetero) is 1. The molecule has 2 aromatic carbocycles. The van der Waals surface area contributed by atoms with Crippen LogP contribution in [0.3, 0.4) is 0 Å². The van der Waals surface area contributed by atoms with Crippen LogP contribution in [-0.2, 0) is 16.1 Å². The molecular weight excluding hydrogens is 292 g/mol. The quantitative estimate of drug-likeness (QED) is 0.922. The summed E-state index contributed by atoms with van der Waals surface area (Å²) in [5, 5.41) is 3.33. The van der Waals surface area contributed by atoms with E-state index in [4.69, 9.17) is 4.74 Å². The fourth-order valence-corrected chi connectivity index (χ4v) is 2.51. The average Bonchev–Trinajstić information content (AvgIpc) is 2.56. The molecule has 0 aromatic heterocycles. The van der Waals surface area contributed by atoms with Gasteiger partial charge >= 0.3 is 0 Å². The lowest BCUT2D eigenvalue weighted by Crippen LogP contribution is -2.41. The number of rotatable bonds is 5. The third-order valence-corrected chi connectivity index (χ3v) is 3.62. The Morgan fingerprint density at radius 2 is 2.00 bits per heavy atom. The first-order chi connectivity index (χ1) is 11.1. The number of hydrogen-bond acceptors (Lipinski definition) is 4. The lowest BCUT2D eigenvalue weighted by molar-refractivity contribution is -0.123. The number of ether oxygens (including phenoxy) is 1. The van der Waals surface area contributed by atoms with Gasteiger partial charge in [0.15, 0.2) is 6.61 Å². The van der Waals surface area contributed by atoms with Crippen molar-refractivity contribution in [1.82, 2.24) is 0 Å². The number of anilines is 2. The number of carbonyl (C=O) groups is 2. The summed E-state index contributed by atoms with van der Waals surface area (Å²) < 4.78 is 5.50. The van der Waals surface area contributed by atoms with Crippen molar-refractivity contribution in [2.24, 2.45) is 0 Å². The van der Waals surface area contributed by atoms with E-state index in [2.05, 4.69) is 17.4 Å². The molecule has 5 heteroatoms. The van der Waals surface area contributed by atoms with E-state index in [1.54, 1.807) is 0 Å². The fourth-order valence-electron chi connectivity index (χ4n) is 2.51. The molecule has 5 nitrogen and oxygen atoms in total. The molecule has 0 spiro atoms. The summed E-state index contributed by atoms with van der Waals surface area (Å²) in [6, 6.07) is 15.6. The molecule has 0 unspecified atom stereocenters. The number of nitrogens with one attached hydrogen (secondary N) is 1. The van der Waals surface area contributed by atoms with Gasteiger partial charge in [-0.25, -0.2) is 0 Å². The number of hydrogen-bond donors (Lipinski definition) is 1. The van der Waals surface area contributed by atoms with Crippen molar-refractivity contribution in [2.75, 3.05) is 23.4 Å². The van der Waals surface area contributed by atoms with Crippen LogP contribution in [0.4, 0.5) is 11.4 Å². The Kier molecular flexibility index (Phi) is 4.28. The van der Waals surface area contributed by atoms with Gasteiger partial charge in [-0.15, -0.1) is 0 Å². The predicted molar refractivity (Wildman–Crippen MR) is 88.7 cm³/mol. The molecule has 1 aliphatic rings. The normalized spacial score (nSPS) is 13.3. The van der Waals surface area contributed by atoms with E-state index in [1.807, 2.05) is 36.4 Å². The van der Waals surface area contributed by atoms with E-state index in [0.29, 0.717) is 18.0 Å². The Morgan fingerprint density at radius 3 is 2.74 bits per heavy atom. The molecule has 1 aliphatic heterocycles. The van der Waals surface area contributed by atoms with Crippen LogP contribution in [0.1, 0.15) is 12.5 Å².